The number of fused-ring (bicyclic) bond motifs is 2. The van der Waals surface area contributed by atoms with Crippen LogP contribution in [0.2, 0.25) is 0 Å². The van der Waals surface area contributed by atoms with Crippen LogP contribution < -0.4 is 10.3 Å². The maximum atomic E-state index is 13.2. The lowest BCUT2D eigenvalue weighted by Gasteiger charge is -2.07. The van der Waals surface area contributed by atoms with Crippen molar-refractivity contribution in [1.29, 1.82) is 0 Å². The lowest BCUT2D eigenvalue weighted by Crippen LogP contribution is -2.20. The van der Waals surface area contributed by atoms with E-state index in [0.717, 1.165) is 5.39 Å². The number of nitrogens with zero attached hydrogens (tertiary/aromatic N) is 3. The molecule has 2 aromatic heterocycles. The summed E-state index contributed by atoms with van der Waals surface area (Å²) in [5.74, 6) is 1.06. The van der Waals surface area contributed by atoms with Gasteiger partial charge in [-0.1, -0.05) is 30.3 Å². The second-order valence-electron chi connectivity index (χ2n) is 6.89. The van der Waals surface area contributed by atoms with Crippen molar-refractivity contribution in [3.63, 3.8) is 0 Å². The van der Waals surface area contributed by atoms with Gasteiger partial charge in [0.1, 0.15) is 5.58 Å². The van der Waals surface area contributed by atoms with Gasteiger partial charge in [0.25, 0.3) is 5.56 Å². The second kappa shape index (κ2) is 7.46. The van der Waals surface area contributed by atoms with E-state index in [4.69, 9.17) is 9.15 Å². The quantitative estimate of drug-likeness (QED) is 0.443. The molecular formula is C24H17N3O4. The van der Waals surface area contributed by atoms with Crippen LogP contribution in [0.25, 0.3) is 33.5 Å². The molecule has 7 nitrogen and oxygen atoms in total. The molecule has 0 unspecified atom stereocenters. The van der Waals surface area contributed by atoms with Gasteiger partial charge in [0.05, 0.1) is 24.2 Å². The van der Waals surface area contributed by atoms with Crippen molar-refractivity contribution in [3.8, 4) is 23.1 Å². The van der Waals surface area contributed by atoms with E-state index in [1.54, 1.807) is 30.3 Å². The molecule has 0 bridgehead atoms. The van der Waals surface area contributed by atoms with Crippen LogP contribution in [0.5, 0.6) is 11.5 Å². The Hall–Kier alpha value is -4.39. The molecule has 31 heavy (non-hydrogen) atoms. The number of furan rings is 1. The first-order valence-electron chi connectivity index (χ1n) is 9.56. The SMILES string of the molecule is COc1cc(C=Nn2c(-c3cc4ccccc4o3)nc3ccccc3c2=O)ccc1O. The highest BCUT2D eigenvalue weighted by molar-refractivity contribution is 5.85. The zero-order valence-electron chi connectivity index (χ0n) is 16.5. The van der Waals surface area contributed by atoms with Gasteiger partial charge >= 0.3 is 0 Å². The lowest BCUT2D eigenvalue weighted by atomic mass is 10.2. The van der Waals surface area contributed by atoms with Crippen molar-refractivity contribution in [2.24, 2.45) is 5.10 Å². The summed E-state index contributed by atoms with van der Waals surface area (Å²) < 4.78 is 12.3. The zero-order chi connectivity index (χ0) is 21.4. The van der Waals surface area contributed by atoms with Gasteiger partial charge in [-0.3, -0.25) is 4.79 Å². The Morgan fingerprint density at radius 3 is 2.71 bits per heavy atom. The van der Waals surface area contributed by atoms with Crippen LogP contribution in [0.1, 0.15) is 5.56 Å². The average Bonchev–Trinajstić information content (AvgIpc) is 3.23. The van der Waals surface area contributed by atoms with Gasteiger partial charge in [0, 0.05) is 5.39 Å². The fourth-order valence-electron chi connectivity index (χ4n) is 3.38. The predicted molar refractivity (Wildman–Crippen MR) is 119 cm³/mol. The Balaban J connectivity index is 1.71. The van der Waals surface area contributed by atoms with Crippen LogP contribution in [0.3, 0.4) is 0 Å². The van der Waals surface area contributed by atoms with E-state index in [9.17, 15) is 9.90 Å². The molecule has 0 saturated carbocycles. The van der Waals surface area contributed by atoms with Crippen molar-refractivity contribution in [2.45, 2.75) is 0 Å². The zero-order valence-corrected chi connectivity index (χ0v) is 16.5. The Bertz CT molecular complexity index is 1480. The third kappa shape index (κ3) is 3.32. The Morgan fingerprint density at radius 1 is 1.06 bits per heavy atom. The number of benzene rings is 3. The molecule has 5 rings (SSSR count). The van der Waals surface area contributed by atoms with Crippen LogP contribution in [0.15, 0.2) is 87.1 Å². The monoisotopic (exact) mass is 411 g/mol. The third-order valence-electron chi connectivity index (χ3n) is 4.93. The number of methoxy groups -OCH3 is 1. The summed E-state index contributed by atoms with van der Waals surface area (Å²) in [7, 11) is 1.47. The van der Waals surface area contributed by atoms with E-state index in [2.05, 4.69) is 10.1 Å². The summed E-state index contributed by atoms with van der Waals surface area (Å²) in [6, 6.07) is 21.3. The second-order valence-corrected chi connectivity index (χ2v) is 6.89. The van der Waals surface area contributed by atoms with Gasteiger partial charge < -0.3 is 14.3 Å². The number of ether oxygens (including phenoxy) is 1. The Labute approximate surface area is 176 Å². The summed E-state index contributed by atoms with van der Waals surface area (Å²) >= 11 is 0. The maximum Gasteiger partial charge on any atom is 0.282 e. The first-order valence-corrected chi connectivity index (χ1v) is 9.56. The number of para-hydroxylation sites is 2. The minimum absolute atomic E-state index is 0.0205. The van der Waals surface area contributed by atoms with Crippen LogP contribution in [0.4, 0.5) is 0 Å². The smallest absolute Gasteiger partial charge is 0.282 e. The number of hydrogen-bond acceptors (Lipinski definition) is 6. The van der Waals surface area contributed by atoms with Gasteiger partial charge in [0.2, 0.25) is 5.82 Å². The molecule has 0 atom stereocenters. The van der Waals surface area contributed by atoms with Crippen LogP contribution in [0, 0.1) is 0 Å². The molecule has 0 aliphatic rings. The first-order chi connectivity index (χ1) is 15.1. The van der Waals surface area contributed by atoms with Crippen molar-refractivity contribution in [3.05, 3.63) is 88.7 Å². The summed E-state index contributed by atoms with van der Waals surface area (Å²) in [5.41, 5.74) is 1.58. The van der Waals surface area contributed by atoms with Crippen molar-refractivity contribution in [1.82, 2.24) is 9.66 Å². The van der Waals surface area contributed by atoms with Crippen LogP contribution >= 0.6 is 0 Å². The summed E-state index contributed by atoms with van der Waals surface area (Å²) in [4.78, 5) is 17.9. The highest BCUT2D eigenvalue weighted by Crippen LogP contribution is 2.28. The molecule has 1 N–H and O–H groups in total. The molecule has 0 aliphatic carbocycles. The number of phenolic OH excluding ortho intramolecular Hbond substituents is 1. The van der Waals surface area contributed by atoms with Gasteiger partial charge in [-0.25, -0.2) is 4.98 Å². The molecule has 0 radical (unpaired) electrons. The van der Waals surface area contributed by atoms with E-state index in [0.29, 0.717) is 39.4 Å². The molecule has 0 aliphatic heterocycles. The van der Waals surface area contributed by atoms with E-state index in [-0.39, 0.29) is 11.3 Å². The third-order valence-corrected chi connectivity index (χ3v) is 4.93. The average molecular weight is 411 g/mol. The molecule has 2 heterocycles. The predicted octanol–water partition coefficient (Wildman–Crippen LogP) is 4.41. The molecule has 5 aromatic rings. The van der Waals surface area contributed by atoms with Crippen LogP contribution in [-0.4, -0.2) is 28.1 Å². The lowest BCUT2D eigenvalue weighted by molar-refractivity contribution is 0.373. The Kier molecular flexibility index (Phi) is 4.48. The van der Waals surface area contributed by atoms with Crippen LogP contribution in [-0.2, 0) is 0 Å². The standard InChI is InChI=1S/C24H17N3O4/c1-30-21-12-15(10-11-19(21)28)14-25-27-23(22-13-16-6-2-5-9-20(16)31-22)26-18-8-4-3-7-17(18)24(27)29/h2-14,28H,1H3. The fourth-order valence-corrected chi connectivity index (χ4v) is 3.38. The summed E-state index contributed by atoms with van der Waals surface area (Å²) in [6.45, 7) is 0. The highest BCUT2D eigenvalue weighted by atomic mass is 16.5. The molecule has 0 saturated heterocycles. The van der Waals surface area contributed by atoms with Gasteiger partial charge in [-0.15, -0.1) is 0 Å². The maximum absolute atomic E-state index is 13.2. The molecule has 0 fully saturated rings. The number of rotatable bonds is 4. The normalized spacial score (nSPS) is 11.5. The van der Waals surface area contributed by atoms with Crippen molar-refractivity contribution in [2.75, 3.05) is 7.11 Å². The van der Waals surface area contributed by atoms with E-state index in [1.807, 2.05) is 36.4 Å². The summed E-state index contributed by atoms with van der Waals surface area (Å²) in [6.07, 6.45) is 1.51. The van der Waals surface area contributed by atoms with Gasteiger partial charge in [-0.2, -0.15) is 9.78 Å². The topological polar surface area (TPSA) is 89.9 Å². The molecule has 3 aromatic carbocycles. The molecule has 7 heteroatoms. The summed E-state index contributed by atoms with van der Waals surface area (Å²) in [5, 5.41) is 15.5. The molecule has 0 spiro atoms. The fraction of sp³-hybridized carbons (Fsp3) is 0.0417. The number of hydrogen-bond donors (Lipinski definition) is 1. The number of aromatic hydroxyl groups is 1. The minimum atomic E-state index is -0.317. The first kappa shape index (κ1) is 18.6. The number of phenols is 1. The molecular weight excluding hydrogens is 394 g/mol. The van der Waals surface area contributed by atoms with E-state index in [1.165, 1.54) is 24.1 Å². The van der Waals surface area contributed by atoms with Crippen molar-refractivity contribution < 1.29 is 14.3 Å². The van der Waals surface area contributed by atoms with Gasteiger partial charge in [0.15, 0.2) is 17.3 Å². The van der Waals surface area contributed by atoms with Crippen molar-refractivity contribution >= 4 is 28.1 Å². The van der Waals surface area contributed by atoms with E-state index < -0.39 is 0 Å². The van der Waals surface area contributed by atoms with Gasteiger partial charge in [-0.05, 0) is 48.0 Å². The molecule has 152 valence electrons. The number of aromatic nitrogens is 2. The van der Waals surface area contributed by atoms with E-state index >= 15 is 0 Å². The largest absolute Gasteiger partial charge is 0.504 e. The Morgan fingerprint density at radius 2 is 1.87 bits per heavy atom. The molecule has 0 amide bonds. The highest BCUT2D eigenvalue weighted by Gasteiger charge is 2.16. The minimum Gasteiger partial charge on any atom is -0.504 e.